The lowest BCUT2D eigenvalue weighted by Crippen LogP contribution is -2.10. The summed E-state index contributed by atoms with van der Waals surface area (Å²) in [6.45, 7) is 0. The van der Waals surface area contributed by atoms with Crippen molar-refractivity contribution in [1.29, 1.82) is 0 Å². The van der Waals surface area contributed by atoms with Gasteiger partial charge in [0.2, 0.25) is 0 Å². The van der Waals surface area contributed by atoms with E-state index in [1.54, 1.807) is 0 Å². The van der Waals surface area contributed by atoms with Crippen molar-refractivity contribution >= 4 is 70.6 Å². The Morgan fingerprint density at radius 1 is 0.200 bits per heavy atom. The molecule has 0 radical (unpaired) electrons. The molecule has 0 saturated carbocycles. The maximum Gasteiger partial charge on any atom is 0.0462 e. The second-order valence-corrected chi connectivity index (χ2v) is 17.4. The topological polar surface area (TPSA) is 6.48 Å². The summed E-state index contributed by atoms with van der Waals surface area (Å²) in [5, 5.41) is 0. The SMILES string of the molecule is C(=Cc1ccc(N(c2ccc(C=Cc3ccccc3)cc2)c2ccc(-c3ccc(N(c4ccc(C=Cc5ccccc5)cc4)c4ccc(CCc5ccccc5)cc4)cc3)cc2)cc1)c1ccccc1. The fourth-order valence-electron chi connectivity index (χ4n) is 8.72. The van der Waals surface area contributed by atoms with Crippen molar-refractivity contribution in [1.82, 2.24) is 0 Å². The zero-order chi connectivity index (χ0) is 47.2. The molecule has 0 heterocycles. The minimum Gasteiger partial charge on any atom is -0.311 e. The van der Waals surface area contributed by atoms with Crippen LogP contribution in [0, 0.1) is 0 Å². The number of hydrogen-bond donors (Lipinski definition) is 0. The molecule has 0 fully saturated rings. The monoisotopic (exact) mass is 898 g/mol. The number of benzene rings is 10. The highest BCUT2D eigenvalue weighted by Crippen LogP contribution is 2.39. The van der Waals surface area contributed by atoms with Gasteiger partial charge in [-0.25, -0.2) is 0 Å². The van der Waals surface area contributed by atoms with Crippen molar-refractivity contribution in [2.75, 3.05) is 9.80 Å². The van der Waals surface area contributed by atoms with Crippen LogP contribution in [-0.2, 0) is 12.8 Å². The molecule has 0 aliphatic rings. The summed E-state index contributed by atoms with van der Waals surface area (Å²) >= 11 is 0. The summed E-state index contributed by atoms with van der Waals surface area (Å²) in [6, 6.07) is 95.4. The highest BCUT2D eigenvalue weighted by atomic mass is 15.1. The molecule has 0 amide bonds. The molecule has 0 unspecified atom stereocenters. The van der Waals surface area contributed by atoms with E-state index in [1.165, 1.54) is 27.8 Å². The molecular weight excluding hydrogens is 845 g/mol. The first-order valence-corrected chi connectivity index (χ1v) is 24.1. The van der Waals surface area contributed by atoms with E-state index >= 15 is 0 Å². The Morgan fingerprint density at radius 2 is 0.414 bits per heavy atom. The van der Waals surface area contributed by atoms with Crippen LogP contribution in [0.15, 0.2) is 267 Å². The smallest absolute Gasteiger partial charge is 0.0462 e. The fraction of sp³-hybridized carbons (Fsp3) is 0.0294. The van der Waals surface area contributed by atoms with E-state index < -0.39 is 0 Å². The van der Waals surface area contributed by atoms with Gasteiger partial charge in [0.1, 0.15) is 0 Å². The number of nitrogens with zero attached hydrogens (tertiary/aromatic N) is 2. The van der Waals surface area contributed by atoms with Crippen LogP contribution in [0.2, 0.25) is 0 Å². The Labute approximate surface area is 413 Å². The molecule has 70 heavy (non-hydrogen) atoms. The first kappa shape index (κ1) is 44.8. The molecule has 10 rings (SSSR count). The van der Waals surface area contributed by atoms with Crippen molar-refractivity contribution < 1.29 is 0 Å². The minimum absolute atomic E-state index is 0.996. The molecule has 0 N–H and O–H groups in total. The van der Waals surface area contributed by atoms with Gasteiger partial charge < -0.3 is 9.80 Å². The minimum atomic E-state index is 0.996. The summed E-state index contributed by atoms with van der Waals surface area (Å²) in [5.41, 5.74) is 18.6. The van der Waals surface area contributed by atoms with Gasteiger partial charge in [-0.15, -0.1) is 0 Å². The second kappa shape index (κ2) is 22.2. The van der Waals surface area contributed by atoms with E-state index in [0.717, 1.165) is 74.8 Å². The Hall–Kier alpha value is -8.98. The largest absolute Gasteiger partial charge is 0.311 e. The van der Waals surface area contributed by atoms with E-state index in [4.69, 9.17) is 0 Å². The maximum atomic E-state index is 2.35. The molecule has 0 atom stereocenters. The first-order chi connectivity index (χ1) is 34.7. The van der Waals surface area contributed by atoms with Crippen molar-refractivity contribution in [2.24, 2.45) is 0 Å². The van der Waals surface area contributed by atoms with E-state index in [1.807, 2.05) is 18.2 Å². The molecule has 0 saturated heterocycles. The van der Waals surface area contributed by atoms with Gasteiger partial charge in [-0.05, 0) is 141 Å². The summed E-state index contributed by atoms with van der Waals surface area (Å²) < 4.78 is 0. The first-order valence-electron chi connectivity index (χ1n) is 24.1. The molecule has 336 valence electrons. The molecule has 10 aromatic rings. The van der Waals surface area contributed by atoms with Crippen molar-refractivity contribution in [3.8, 4) is 11.1 Å². The summed E-state index contributed by atoms with van der Waals surface area (Å²) in [5.74, 6) is 0. The van der Waals surface area contributed by atoms with Crippen LogP contribution in [-0.4, -0.2) is 0 Å². The Morgan fingerprint density at radius 3 is 0.700 bits per heavy atom. The number of hydrogen-bond acceptors (Lipinski definition) is 2. The molecule has 0 aromatic heterocycles. The fourth-order valence-corrected chi connectivity index (χ4v) is 8.72. The lowest BCUT2D eigenvalue weighted by atomic mass is 10.0. The van der Waals surface area contributed by atoms with Crippen molar-refractivity contribution in [3.05, 3.63) is 311 Å². The molecule has 0 spiro atoms. The van der Waals surface area contributed by atoms with Crippen molar-refractivity contribution in [3.63, 3.8) is 0 Å². The van der Waals surface area contributed by atoms with E-state index in [2.05, 4.69) is 295 Å². The van der Waals surface area contributed by atoms with E-state index in [0.29, 0.717) is 0 Å². The lowest BCUT2D eigenvalue weighted by molar-refractivity contribution is 0.960. The average Bonchev–Trinajstić information content (AvgIpc) is 3.44. The molecule has 0 bridgehead atoms. The lowest BCUT2D eigenvalue weighted by Gasteiger charge is -2.26. The number of anilines is 6. The predicted molar refractivity (Wildman–Crippen MR) is 301 cm³/mol. The summed E-state index contributed by atoms with van der Waals surface area (Å²) in [4.78, 5) is 4.68. The molecule has 10 aromatic carbocycles. The number of aryl methyl sites for hydroxylation is 2. The van der Waals surface area contributed by atoms with Gasteiger partial charge in [0.05, 0.1) is 0 Å². The van der Waals surface area contributed by atoms with Gasteiger partial charge >= 0.3 is 0 Å². The average molecular weight is 899 g/mol. The molecule has 2 heteroatoms. The van der Waals surface area contributed by atoms with E-state index in [9.17, 15) is 0 Å². The van der Waals surface area contributed by atoms with Crippen molar-refractivity contribution in [2.45, 2.75) is 12.8 Å². The van der Waals surface area contributed by atoms with Crippen LogP contribution in [0.5, 0.6) is 0 Å². The quantitative estimate of drug-likeness (QED) is 0.0892. The van der Waals surface area contributed by atoms with Gasteiger partial charge in [0.25, 0.3) is 0 Å². The normalized spacial score (nSPS) is 11.4. The highest BCUT2D eigenvalue weighted by Gasteiger charge is 2.15. The van der Waals surface area contributed by atoms with Gasteiger partial charge in [-0.1, -0.05) is 231 Å². The summed E-state index contributed by atoms with van der Waals surface area (Å²) in [6.07, 6.45) is 15.0. The van der Waals surface area contributed by atoms with Gasteiger partial charge in [-0.3, -0.25) is 0 Å². The van der Waals surface area contributed by atoms with Crippen LogP contribution in [0.3, 0.4) is 0 Å². The second-order valence-electron chi connectivity index (χ2n) is 17.4. The zero-order valence-corrected chi connectivity index (χ0v) is 39.2. The molecule has 0 aliphatic heterocycles. The summed E-state index contributed by atoms with van der Waals surface area (Å²) in [7, 11) is 0. The van der Waals surface area contributed by atoms with Crippen LogP contribution >= 0.6 is 0 Å². The van der Waals surface area contributed by atoms with Crippen LogP contribution in [0.25, 0.3) is 47.6 Å². The Kier molecular flexibility index (Phi) is 14.2. The highest BCUT2D eigenvalue weighted by molar-refractivity contribution is 5.83. The Bertz CT molecular complexity index is 3170. The molecule has 2 nitrogen and oxygen atoms in total. The van der Waals surface area contributed by atoms with Crippen LogP contribution < -0.4 is 9.80 Å². The van der Waals surface area contributed by atoms with Gasteiger partial charge in [0.15, 0.2) is 0 Å². The third-order valence-electron chi connectivity index (χ3n) is 12.6. The Balaban J connectivity index is 0.917. The van der Waals surface area contributed by atoms with E-state index in [-0.39, 0.29) is 0 Å². The third kappa shape index (κ3) is 11.6. The number of rotatable bonds is 16. The zero-order valence-electron chi connectivity index (χ0n) is 39.2. The van der Waals surface area contributed by atoms with Gasteiger partial charge in [-0.2, -0.15) is 0 Å². The predicted octanol–water partition coefficient (Wildman–Crippen LogP) is 18.6. The van der Waals surface area contributed by atoms with Crippen LogP contribution in [0.4, 0.5) is 34.1 Å². The molecular formula is C68H54N2. The third-order valence-corrected chi connectivity index (χ3v) is 12.6. The molecule has 0 aliphatic carbocycles. The van der Waals surface area contributed by atoms with Crippen LogP contribution in [0.1, 0.15) is 44.5 Å². The van der Waals surface area contributed by atoms with Gasteiger partial charge in [0, 0.05) is 34.1 Å². The maximum absolute atomic E-state index is 2.35. The standard InChI is InChI=1S/C68H54N2/c1-5-13-53(14-6-1)21-25-57-29-41-63(42-30-57)69(64-43-31-58(32-44-64)26-22-54-15-7-2-8-16-54)67-49-37-61(38-50-67)62-39-51-68(52-40-62)70(65-45-33-59(34-46-65)27-23-55-17-9-3-10-18-55)66-47-35-60(36-48-66)28-24-56-19-11-4-12-20-56/h1-23,25-27,29-52H,24,28H2.